The molecule has 0 spiro atoms. The predicted molar refractivity (Wildman–Crippen MR) is 139 cm³/mol. The lowest BCUT2D eigenvalue weighted by atomic mass is 9.39. The molecule has 6 aliphatic rings. The highest BCUT2D eigenvalue weighted by atomic mass is 16.7. The van der Waals surface area contributed by atoms with Gasteiger partial charge in [0.2, 0.25) is 5.78 Å². The van der Waals surface area contributed by atoms with Gasteiger partial charge in [-0.2, -0.15) is 0 Å². The van der Waals surface area contributed by atoms with E-state index in [1.54, 1.807) is 13.2 Å². The first-order valence-electron chi connectivity index (χ1n) is 14.1. The van der Waals surface area contributed by atoms with Crippen molar-refractivity contribution in [3.8, 4) is 0 Å². The molecule has 37 heavy (non-hydrogen) atoms. The van der Waals surface area contributed by atoms with Crippen molar-refractivity contribution in [2.45, 2.75) is 105 Å². The van der Waals surface area contributed by atoms with Crippen LogP contribution < -0.4 is 0 Å². The van der Waals surface area contributed by atoms with Crippen molar-refractivity contribution in [2.24, 2.45) is 45.3 Å². The largest absolute Gasteiger partial charge is 0.505 e. The Kier molecular flexibility index (Phi) is 4.99. The Bertz CT molecular complexity index is 1150. The lowest BCUT2D eigenvalue weighted by molar-refractivity contribution is -0.317. The third kappa shape index (κ3) is 2.83. The fourth-order valence-electron chi connectivity index (χ4n) is 10.5. The Hall–Kier alpha value is -1.50. The van der Waals surface area contributed by atoms with Gasteiger partial charge in [-0.3, -0.25) is 9.59 Å². The van der Waals surface area contributed by atoms with E-state index in [2.05, 4.69) is 47.6 Å². The summed E-state index contributed by atoms with van der Waals surface area (Å²) < 4.78 is 19.6. The fourth-order valence-corrected chi connectivity index (χ4v) is 10.5. The number of fused-ring (bicyclic) bond motifs is 8. The number of hydrogen-bond donors (Lipinski definition) is 1. The van der Waals surface area contributed by atoms with E-state index in [9.17, 15) is 14.7 Å². The Balaban J connectivity index is 1.45. The molecule has 6 rings (SSSR count). The Labute approximate surface area is 221 Å². The van der Waals surface area contributed by atoms with Crippen LogP contribution in [0.2, 0.25) is 0 Å². The maximum atomic E-state index is 14.4. The normalized spacial score (nSPS) is 53.3. The highest BCUT2D eigenvalue weighted by Crippen LogP contribution is 2.75. The number of aliphatic hydroxyl groups is 1. The summed E-state index contributed by atoms with van der Waals surface area (Å²) in [7, 11) is 1.73. The fraction of sp³-hybridized carbons (Fsp3) is 0.806. The van der Waals surface area contributed by atoms with Gasteiger partial charge in [0.1, 0.15) is 11.9 Å². The molecule has 0 amide bonds. The van der Waals surface area contributed by atoms with E-state index in [0.29, 0.717) is 12.8 Å². The van der Waals surface area contributed by atoms with Crippen LogP contribution in [0.3, 0.4) is 0 Å². The zero-order valence-electron chi connectivity index (χ0n) is 23.9. The Morgan fingerprint density at radius 3 is 2.35 bits per heavy atom. The molecule has 4 fully saturated rings. The van der Waals surface area contributed by atoms with Crippen LogP contribution >= 0.6 is 0 Å². The van der Waals surface area contributed by atoms with Crippen molar-refractivity contribution in [1.82, 2.24) is 0 Å². The minimum absolute atomic E-state index is 0.0208. The van der Waals surface area contributed by atoms with Crippen LogP contribution in [0.4, 0.5) is 0 Å². The van der Waals surface area contributed by atoms with Gasteiger partial charge in [0.15, 0.2) is 11.5 Å². The maximum absolute atomic E-state index is 14.4. The molecule has 6 nitrogen and oxygen atoms in total. The summed E-state index contributed by atoms with van der Waals surface area (Å²) in [6.07, 6.45) is 6.45. The van der Waals surface area contributed by atoms with Gasteiger partial charge in [-0.05, 0) is 75.2 Å². The second-order valence-electron chi connectivity index (χ2n) is 14.9. The Morgan fingerprint density at radius 2 is 1.70 bits per heavy atom. The van der Waals surface area contributed by atoms with Gasteiger partial charge in [-0.15, -0.1) is 0 Å². The summed E-state index contributed by atoms with van der Waals surface area (Å²) in [5.74, 6) is -0.836. The van der Waals surface area contributed by atoms with Crippen molar-refractivity contribution in [1.29, 1.82) is 0 Å². The van der Waals surface area contributed by atoms with E-state index in [1.807, 2.05) is 13.8 Å². The van der Waals surface area contributed by atoms with E-state index in [0.717, 1.165) is 18.4 Å². The van der Waals surface area contributed by atoms with Crippen LogP contribution in [-0.2, 0) is 23.8 Å². The van der Waals surface area contributed by atoms with Gasteiger partial charge in [0.05, 0.1) is 17.1 Å². The summed E-state index contributed by atoms with van der Waals surface area (Å²) in [4.78, 5) is 27.3. The van der Waals surface area contributed by atoms with E-state index >= 15 is 0 Å². The van der Waals surface area contributed by atoms with Gasteiger partial charge in [-0.25, -0.2) is 0 Å². The van der Waals surface area contributed by atoms with Crippen LogP contribution in [0.25, 0.3) is 0 Å². The highest BCUT2D eigenvalue weighted by molar-refractivity contribution is 6.02. The molecule has 1 N–H and O–H groups in total. The van der Waals surface area contributed by atoms with Gasteiger partial charge in [0.25, 0.3) is 0 Å². The zero-order chi connectivity index (χ0) is 27.1. The molecule has 0 aromatic carbocycles. The van der Waals surface area contributed by atoms with Gasteiger partial charge >= 0.3 is 0 Å². The van der Waals surface area contributed by atoms with Gasteiger partial charge in [-0.1, -0.05) is 39.3 Å². The van der Waals surface area contributed by atoms with Gasteiger partial charge in [0, 0.05) is 31.3 Å². The van der Waals surface area contributed by atoms with Crippen molar-refractivity contribution in [2.75, 3.05) is 7.11 Å². The summed E-state index contributed by atoms with van der Waals surface area (Å²) in [6.45, 7) is 17.0. The highest BCUT2D eigenvalue weighted by Gasteiger charge is 2.76. The lowest BCUT2D eigenvalue weighted by Gasteiger charge is -2.63. The minimum Gasteiger partial charge on any atom is -0.505 e. The zero-order valence-corrected chi connectivity index (χ0v) is 23.9. The molecular formula is C31H44O6. The van der Waals surface area contributed by atoms with E-state index in [1.165, 1.54) is 0 Å². The summed E-state index contributed by atoms with van der Waals surface area (Å²) >= 11 is 0. The van der Waals surface area contributed by atoms with Crippen molar-refractivity contribution < 1.29 is 28.9 Å². The number of ether oxygens (including phenoxy) is 3. The molecule has 2 heterocycles. The second kappa shape index (κ2) is 7.17. The summed E-state index contributed by atoms with van der Waals surface area (Å²) in [6, 6.07) is 0. The molecule has 204 valence electrons. The molecule has 0 radical (unpaired) electrons. The smallest absolute Gasteiger partial charge is 0.206 e. The van der Waals surface area contributed by atoms with Crippen molar-refractivity contribution in [3.63, 3.8) is 0 Å². The SMILES string of the molecule is CO[C@]12CC(C)(C)O[C@H]1[C@@H](C)[C@H]1[C@@H](C[C@@]3(C)[C@@H]4CC=C5[C@H](C=C(O)C(=O)C5(C)C)[C@]4(C)C(=O)C[C@]13C)O2. The number of carbonyl (C=O) groups is 2. The van der Waals surface area contributed by atoms with Crippen LogP contribution in [0.5, 0.6) is 0 Å². The van der Waals surface area contributed by atoms with Gasteiger partial charge < -0.3 is 19.3 Å². The number of aliphatic hydroxyl groups excluding tert-OH is 1. The minimum atomic E-state index is -0.812. The number of hydrogen-bond acceptors (Lipinski definition) is 6. The topological polar surface area (TPSA) is 82.1 Å². The number of allylic oxidation sites excluding steroid dienone is 4. The molecule has 2 saturated heterocycles. The number of Topliss-reactive ketones (excluding diaryl/α,β-unsaturated/α-hetero) is 2. The monoisotopic (exact) mass is 512 g/mol. The van der Waals surface area contributed by atoms with E-state index < -0.39 is 16.6 Å². The molecule has 0 aromatic heterocycles. The average Bonchev–Trinajstić information content (AvgIpc) is 3.20. The number of ketones is 2. The van der Waals surface area contributed by atoms with Crippen LogP contribution in [0.15, 0.2) is 23.5 Å². The number of carbonyl (C=O) groups excluding carboxylic acids is 2. The average molecular weight is 513 g/mol. The summed E-state index contributed by atoms with van der Waals surface area (Å²) in [5.41, 5.74) is -1.27. The number of methoxy groups -OCH3 is 1. The summed E-state index contributed by atoms with van der Waals surface area (Å²) in [5, 5.41) is 10.7. The third-order valence-electron chi connectivity index (χ3n) is 12.4. The molecule has 0 aromatic rings. The lowest BCUT2D eigenvalue weighted by Crippen LogP contribution is -2.64. The second-order valence-corrected chi connectivity index (χ2v) is 14.9. The van der Waals surface area contributed by atoms with E-state index in [-0.39, 0.29) is 69.6 Å². The Morgan fingerprint density at radius 1 is 1.03 bits per heavy atom. The maximum Gasteiger partial charge on any atom is 0.206 e. The van der Waals surface area contributed by atoms with Crippen molar-refractivity contribution >= 4 is 11.6 Å². The van der Waals surface area contributed by atoms with Crippen LogP contribution in [-0.4, -0.2) is 47.4 Å². The first kappa shape index (κ1) is 25.8. The quantitative estimate of drug-likeness (QED) is 0.464. The molecular weight excluding hydrogens is 468 g/mol. The first-order chi connectivity index (χ1) is 17.0. The van der Waals surface area contributed by atoms with Crippen molar-refractivity contribution in [3.05, 3.63) is 23.5 Å². The first-order valence-corrected chi connectivity index (χ1v) is 14.1. The standard InChI is InChI=1S/C31H44O6/c1-16-23-20(36-31(35-9)15-26(2,3)37-25(16)31)13-28(6)21-11-10-17-18(12-19(32)24(34)27(17,4)5)30(21,8)22(33)14-29(23,28)7/h10,12,16,18,20-21,23,25,32H,11,13-15H2,1-9H3/t16-,18-,20+,21-,23-,25-,28-,29+,30-,31-/m0/s1. The van der Waals surface area contributed by atoms with E-state index in [4.69, 9.17) is 14.2 Å². The predicted octanol–water partition coefficient (Wildman–Crippen LogP) is 5.56. The number of rotatable bonds is 1. The van der Waals surface area contributed by atoms with Crippen LogP contribution in [0, 0.1) is 45.3 Å². The molecule has 6 heteroatoms. The third-order valence-corrected chi connectivity index (χ3v) is 12.4. The molecule has 2 saturated carbocycles. The molecule has 0 unspecified atom stereocenters. The van der Waals surface area contributed by atoms with Crippen LogP contribution in [0.1, 0.15) is 81.1 Å². The molecule has 4 aliphatic carbocycles. The molecule has 10 atom stereocenters. The molecule has 0 bridgehead atoms. The molecule has 2 aliphatic heterocycles.